The van der Waals surface area contributed by atoms with Crippen molar-refractivity contribution in [1.82, 2.24) is 0 Å². The van der Waals surface area contributed by atoms with Gasteiger partial charge in [0.05, 0.1) is 0 Å². The summed E-state index contributed by atoms with van der Waals surface area (Å²) in [6.07, 6.45) is 0. The molecular weight excluding hydrogens is 115 g/mol. The van der Waals surface area contributed by atoms with Crippen LogP contribution in [0.5, 0.6) is 0 Å². The molecule has 0 aromatic heterocycles. The van der Waals surface area contributed by atoms with Crippen LogP contribution in [-0.2, 0) is 0 Å². The SMILES string of the molecule is Cc1cccc(C)c1F. The molecule has 48 valence electrons. The third-order valence-corrected chi connectivity index (χ3v) is 1.38. The van der Waals surface area contributed by atoms with E-state index in [9.17, 15) is 4.39 Å². The van der Waals surface area contributed by atoms with Crippen molar-refractivity contribution < 1.29 is 4.39 Å². The Hall–Kier alpha value is -0.850. The van der Waals surface area contributed by atoms with Crippen LogP contribution >= 0.6 is 0 Å². The Morgan fingerprint density at radius 3 is 1.89 bits per heavy atom. The lowest BCUT2D eigenvalue weighted by atomic mass is 10.1. The average molecular weight is 124 g/mol. The minimum atomic E-state index is -0.0856. The Morgan fingerprint density at radius 2 is 1.56 bits per heavy atom. The molecule has 0 amide bonds. The summed E-state index contributed by atoms with van der Waals surface area (Å²) in [5, 5.41) is 0. The lowest BCUT2D eigenvalue weighted by molar-refractivity contribution is 0.609. The quantitative estimate of drug-likeness (QED) is 0.498. The largest absolute Gasteiger partial charge is 0.206 e. The molecule has 0 unspecified atom stereocenters. The van der Waals surface area contributed by atoms with Crippen molar-refractivity contribution in [2.45, 2.75) is 13.8 Å². The predicted octanol–water partition coefficient (Wildman–Crippen LogP) is 2.44. The second-order valence-corrected chi connectivity index (χ2v) is 2.21. The molecule has 0 N–H and O–H groups in total. The molecule has 0 aliphatic heterocycles. The predicted molar refractivity (Wildman–Crippen MR) is 35.9 cm³/mol. The molecule has 0 fully saturated rings. The highest BCUT2D eigenvalue weighted by Crippen LogP contribution is 2.09. The summed E-state index contributed by atoms with van der Waals surface area (Å²) < 4.78 is 12.7. The van der Waals surface area contributed by atoms with Crippen LogP contribution in [0.3, 0.4) is 0 Å². The number of benzene rings is 1. The highest BCUT2D eigenvalue weighted by Gasteiger charge is 1.96. The van der Waals surface area contributed by atoms with E-state index in [-0.39, 0.29) is 5.82 Å². The summed E-state index contributed by atoms with van der Waals surface area (Å²) in [6.45, 7) is 3.53. The Morgan fingerprint density at radius 1 is 1.11 bits per heavy atom. The van der Waals surface area contributed by atoms with Crippen molar-refractivity contribution in [1.29, 1.82) is 0 Å². The lowest BCUT2D eigenvalue weighted by Crippen LogP contribution is -1.84. The molecule has 0 nitrogen and oxygen atoms in total. The van der Waals surface area contributed by atoms with Crippen LogP contribution in [0, 0.1) is 19.7 Å². The maximum atomic E-state index is 12.7. The third kappa shape index (κ3) is 1.10. The summed E-state index contributed by atoms with van der Waals surface area (Å²) in [4.78, 5) is 0. The van der Waals surface area contributed by atoms with Crippen LogP contribution in [0.25, 0.3) is 0 Å². The van der Waals surface area contributed by atoms with Gasteiger partial charge in [0.15, 0.2) is 0 Å². The molecule has 0 saturated carbocycles. The second kappa shape index (κ2) is 2.18. The molecular formula is C8H9F. The van der Waals surface area contributed by atoms with Gasteiger partial charge in [-0.1, -0.05) is 18.2 Å². The van der Waals surface area contributed by atoms with Gasteiger partial charge in [-0.05, 0) is 25.0 Å². The van der Waals surface area contributed by atoms with Crippen molar-refractivity contribution in [2.24, 2.45) is 0 Å². The van der Waals surface area contributed by atoms with E-state index in [1.54, 1.807) is 26.0 Å². The lowest BCUT2D eigenvalue weighted by Gasteiger charge is -1.96. The van der Waals surface area contributed by atoms with E-state index in [1.807, 2.05) is 6.07 Å². The van der Waals surface area contributed by atoms with Gasteiger partial charge in [0.2, 0.25) is 0 Å². The van der Waals surface area contributed by atoms with Gasteiger partial charge in [-0.25, -0.2) is 4.39 Å². The zero-order chi connectivity index (χ0) is 6.85. The molecule has 0 heterocycles. The maximum absolute atomic E-state index is 12.7. The van der Waals surface area contributed by atoms with Gasteiger partial charge in [-0.15, -0.1) is 0 Å². The minimum absolute atomic E-state index is 0.0856. The Bertz CT molecular complexity index is 196. The number of rotatable bonds is 0. The molecule has 0 atom stereocenters. The van der Waals surface area contributed by atoms with Crippen LogP contribution in [0.2, 0.25) is 0 Å². The summed E-state index contributed by atoms with van der Waals surface area (Å²) in [5.41, 5.74) is 1.44. The van der Waals surface area contributed by atoms with Gasteiger partial charge in [0.1, 0.15) is 5.82 Å². The van der Waals surface area contributed by atoms with Crippen molar-refractivity contribution in [2.75, 3.05) is 0 Å². The van der Waals surface area contributed by atoms with E-state index in [1.165, 1.54) is 0 Å². The fourth-order valence-corrected chi connectivity index (χ4v) is 0.794. The van der Waals surface area contributed by atoms with Crippen molar-refractivity contribution in [3.05, 3.63) is 35.1 Å². The number of hydrogen-bond donors (Lipinski definition) is 0. The minimum Gasteiger partial charge on any atom is -0.206 e. The standard InChI is InChI=1S/C8H9F/c1-6-4-3-5-7(2)8(6)9/h3-5H,1-2H3. The summed E-state index contributed by atoms with van der Waals surface area (Å²) in [6, 6.07) is 5.39. The van der Waals surface area contributed by atoms with Crippen molar-refractivity contribution in [3.8, 4) is 0 Å². The van der Waals surface area contributed by atoms with Crippen LogP contribution in [0.15, 0.2) is 18.2 Å². The fraction of sp³-hybridized carbons (Fsp3) is 0.250. The van der Waals surface area contributed by atoms with E-state index in [0.717, 1.165) is 11.1 Å². The summed E-state index contributed by atoms with van der Waals surface area (Å²) in [7, 11) is 0. The molecule has 1 heteroatoms. The van der Waals surface area contributed by atoms with Gasteiger partial charge in [0.25, 0.3) is 0 Å². The first-order valence-corrected chi connectivity index (χ1v) is 2.93. The first-order chi connectivity index (χ1) is 4.22. The second-order valence-electron chi connectivity index (χ2n) is 2.21. The molecule has 0 aliphatic rings. The van der Waals surface area contributed by atoms with E-state index in [0.29, 0.717) is 0 Å². The molecule has 1 aromatic carbocycles. The summed E-state index contributed by atoms with van der Waals surface area (Å²) >= 11 is 0. The Kier molecular flexibility index (Phi) is 1.52. The first kappa shape index (κ1) is 6.27. The molecule has 0 saturated heterocycles. The number of halogens is 1. The molecule has 0 spiro atoms. The molecule has 1 aromatic rings. The zero-order valence-electron chi connectivity index (χ0n) is 5.61. The van der Waals surface area contributed by atoms with Gasteiger partial charge in [-0.2, -0.15) is 0 Å². The maximum Gasteiger partial charge on any atom is 0.129 e. The topological polar surface area (TPSA) is 0 Å². The van der Waals surface area contributed by atoms with E-state index < -0.39 is 0 Å². The van der Waals surface area contributed by atoms with Crippen molar-refractivity contribution >= 4 is 0 Å². The average Bonchev–Trinajstić information content (AvgIpc) is 1.83. The van der Waals surface area contributed by atoms with Gasteiger partial charge >= 0.3 is 0 Å². The highest BCUT2D eigenvalue weighted by atomic mass is 19.1. The van der Waals surface area contributed by atoms with E-state index in [4.69, 9.17) is 0 Å². The van der Waals surface area contributed by atoms with Crippen LogP contribution in [0.1, 0.15) is 11.1 Å². The summed E-state index contributed by atoms with van der Waals surface area (Å²) in [5.74, 6) is -0.0856. The molecule has 9 heavy (non-hydrogen) atoms. The highest BCUT2D eigenvalue weighted by molar-refractivity contribution is 5.23. The molecule has 0 radical (unpaired) electrons. The third-order valence-electron chi connectivity index (χ3n) is 1.38. The van der Waals surface area contributed by atoms with Crippen molar-refractivity contribution in [3.63, 3.8) is 0 Å². The Labute approximate surface area is 54.3 Å². The van der Waals surface area contributed by atoms with Crippen LogP contribution in [0.4, 0.5) is 4.39 Å². The molecule has 0 aliphatic carbocycles. The number of hydrogen-bond acceptors (Lipinski definition) is 0. The number of aryl methyl sites for hydroxylation is 2. The van der Waals surface area contributed by atoms with Crippen LogP contribution in [-0.4, -0.2) is 0 Å². The first-order valence-electron chi connectivity index (χ1n) is 2.93. The normalized spacial score (nSPS) is 9.67. The van der Waals surface area contributed by atoms with E-state index >= 15 is 0 Å². The molecule has 0 bridgehead atoms. The van der Waals surface area contributed by atoms with E-state index in [2.05, 4.69) is 0 Å². The monoisotopic (exact) mass is 124 g/mol. The molecule has 1 rings (SSSR count). The zero-order valence-corrected chi connectivity index (χ0v) is 5.61. The smallest absolute Gasteiger partial charge is 0.129 e. The Balaban J connectivity index is 3.25. The van der Waals surface area contributed by atoms with Gasteiger partial charge in [0, 0.05) is 0 Å². The fourth-order valence-electron chi connectivity index (χ4n) is 0.794. The van der Waals surface area contributed by atoms with Crippen LogP contribution < -0.4 is 0 Å². The van der Waals surface area contributed by atoms with Gasteiger partial charge < -0.3 is 0 Å². The van der Waals surface area contributed by atoms with Gasteiger partial charge in [-0.3, -0.25) is 0 Å².